The van der Waals surface area contributed by atoms with Crippen LogP contribution >= 0.6 is 0 Å². The number of aryl methyl sites for hydroxylation is 1. The van der Waals surface area contributed by atoms with Crippen molar-refractivity contribution in [3.63, 3.8) is 0 Å². The zero-order chi connectivity index (χ0) is 26.1. The zero-order valence-corrected chi connectivity index (χ0v) is 21.7. The number of para-hydroxylation sites is 1. The van der Waals surface area contributed by atoms with Gasteiger partial charge in [0.15, 0.2) is 5.58 Å². The molecule has 0 aliphatic rings. The summed E-state index contributed by atoms with van der Waals surface area (Å²) in [6, 6.07) is 15.9. The van der Waals surface area contributed by atoms with E-state index >= 15 is 0 Å². The molecule has 0 saturated heterocycles. The van der Waals surface area contributed by atoms with Crippen molar-refractivity contribution < 1.29 is 9.21 Å². The highest BCUT2D eigenvalue weighted by Gasteiger charge is 2.18. The summed E-state index contributed by atoms with van der Waals surface area (Å²) in [5.74, 6) is 0.313. The molecule has 190 valence electrons. The van der Waals surface area contributed by atoms with Crippen molar-refractivity contribution in [1.82, 2.24) is 19.4 Å². The second-order valence-electron chi connectivity index (χ2n) is 9.46. The number of hydrogen-bond acceptors (Lipinski definition) is 7. The van der Waals surface area contributed by atoms with Gasteiger partial charge in [-0.3, -0.25) is 4.79 Å². The van der Waals surface area contributed by atoms with E-state index in [0.29, 0.717) is 17.0 Å². The van der Waals surface area contributed by atoms with E-state index in [4.69, 9.17) is 9.40 Å². The maximum Gasteiger partial charge on any atom is 0.228 e. The number of furan rings is 1. The Hall–Kier alpha value is -4.37. The standard InChI is InChI=1S/C28H31N7O2/c1-18(36)29-23-16-19(10-11-25(23)34(4)14-13-33(2)3)30-28-31-22-12-15-37-27(22)26(32-28)21-17-35(5)24-9-7-6-8-20(21)24/h6-12,15-17H,13-14H2,1-5H3,(H,29,36)(H,30,31,32). The van der Waals surface area contributed by atoms with Gasteiger partial charge in [0.25, 0.3) is 0 Å². The second kappa shape index (κ2) is 9.94. The summed E-state index contributed by atoms with van der Waals surface area (Å²) in [5, 5.41) is 7.38. The van der Waals surface area contributed by atoms with Gasteiger partial charge < -0.3 is 29.4 Å². The molecule has 0 radical (unpaired) electrons. The lowest BCUT2D eigenvalue weighted by Gasteiger charge is -2.24. The van der Waals surface area contributed by atoms with E-state index in [9.17, 15) is 4.79 Å². The number of amides is 1. The minimum Gasteiger partial charge on any atom is -0.460 e. The number of rotatable bonds is 8. The summed E-state index contributed by atoms with van der Waals surface area (Å²) < 4.78 is 7.88. The number of fused-ring (bicyclic) bond motifs is 2. The number of nitrogens with one attached hydrogen (secondary N) is 2. The quantitative estimate of drug-likeness (QED) is 0.309. The molecule has 0 fully saturated rings. The lowest BCUT2D eigenvalue weighted by Crippen LogP contribution is -2.29. The summed E-state index contributed by atoms with van der Waals surface area (Å²) in [5.41, 5.74) is 6.57. The second-order valence-corrected chi connectivity index (χ2v) is 9.46. The number of nitrogens with zero attached hydrogens (tertiary/aromatic N) is 5. The number of benzene rings is 2. The molecule has 0 atom stereocenters. The Morgan fingerprint density at radius 3 is 2.65 bits per heavy atom. The van der Waals surface area contributed by atoms with Crippen LogP contribution < -0.4 is 15.5 Å². The van der Waals surface area contributed by atoms with Crippen LogP contribution in [0.4, 0.5) is 23.0 Å². The average Bonchev–Trinajstić information content (AvgIpc) is 3.46. The first-order chi connectivity index (χ1) is 17.8. The van der Waals surface area contributed by atoms with Crippen LogP contribution in [0.2, 0.25) is 0 Å². The molecule has 9 heteroatoms. The zero-order valence-electron chi connectivity index (χ0n) is 21.7. The molecule has 1 amide bonds. The van der Waals surface area contributed by atoms with Crippen LogP contribution in [-0.2, 0) is 11.8 Å². The first-order valence-corrected chi connectivity index (χ1v) is 12.1. The van der Waals surface area contributed by atoms with Crippen LogP contribution in [-0.4, -0.2) is 59.6 Å². The number of aromatic nitrogens is 3. The average molecular weight is 498 g/mol. The molecule has 5 rings (SSSR count). The smallest absolute Gasteiger partial charge is 0.228 e. The minimum atomic E-state index is -0.131. The van der Waals surface area contributed by atoms with E-state index in [1.165, 1.54) is 6.92 Å². The first kappa shape index (κ1) is 24.3. The number of carbonyl (C=O) groups excluding carboxylic acids is 1. The van der Waals surface area contributed by atoms with Crippen LogP contribution in [0.5, 0.6) is 0 Å². The van der Waals surface area contributed by atoms with Crippen LogP contribution in [0.1, 0.15) is 6.92 Å². The number of hydrogen-bond donors (Lipinski definition) is 2. The van der Waals surface area contributed by atoms with E-state index < -0.39 is 0 Å². The SMILES string of the molecule is CC(=O)Nc1cc(Nc2nc(-c3cn(C)c4ccccc34)c3occc3n2)ccc1N(C)CCN(C)C. The van der Waals surface area contributed by atoms with Crippen molar-refractivity contribution in [1.29, 1.82) is 0 Å². The Kier molecular flexibility index (Phi) is 6.54. The predicted molar refractivity (Wildman–Crippen MR) is 150 cm³/mol. The Morgan fingerprint density at radius 2 is 1.86 bits per heavy atom. The first-order valence-electron chi connectivity index (χ1n) is 12.1. The third-order valence-corrected chi connectivity index (χ3v) is 6.31. The molecule has 0 aliphatic carbocycles. The van der Waals surface area contributed by atoms with Gasteiger partial charge >= 0.3 is 0 Å². The topological polar surface area (TPSA) is 91.5 Å². The molecule has 0 unspecified atom stereocenters. The van der Waals surface area contributed by atoms with Gasteiger partial charge in [0.05, 0.1) is 17.6 Å². The number of likely N-dealkylation sites (N-methyl/N-ethyl adjacent to an activating group) is 2. The largest absolute Gasteiger partial charge is 0.460 e. The monoisotopic (exact) mass is 497 g/mol. The summed E-state index contributed by atoms with van der Waals surface area (Å²) in [6.45, 7) is 3.22. The third-order valence-electron chi connectivity index (χ3n) is 6.31. The minimum absolute atomic E-state index is 0.131. The summed E-state index contributed by atoms with van der Waals surface area (Å²) in [4.78, 5) is 25.7. The molecule has 3 aromatic heterocycles. The van der Waals surface area contributed by atoms with E-state index in [-0.39, 0.29) is 5.91 Å². The molecular formula is C28H31N7O2. The van der Waals surface area contributed by atoms with Crippen molar-refractivity contribution in [2.24, 2.45) is 7.05 Å². The summed E-state index contributed by atoms with van der Waals surface area (Å²) >= 11 is 0. The predicted octanol–water partition coefficient (Wildman–Crippen LogP) is 5.08. The molecule has 9 nitrogen and oxygen atoms in total. The molecular weight excluding hydrogens is 466 g/mol. The van der Waals surface area contributed by atoms with Crippen molar-refractivity contribution in [3.8, 4) is 11.3 Å². The van der Waals surface area contributed by atoms with Gasteiger partial charge in [0.1, 0.15) is 11.2 Å². The lowest BCUT2D eigenvalue weighted by molar-refractivity contribution is -0.114. The molecule has 37 heavy (non-hydrogen) atoms. The summed E-state index contributed by atoms with van der Waals surface area (Å²) in [7, 11) is 8.12. The molecule has 0 aliphatic heterocycles. The Labute approximate surface area is 215 Å². The van der Waals surface area contributed by atoms with E-state index in [1.54, 1.807) is 6.26 Å². The number of carbonyl (C=O) groups is 1. The van der Waals surface area contributed by atoms with Gasteiger partial charge in [0.2, 0.25) is 11.9 Å². The Balaban J connectivity index is 1.53. The highest BCUT2D eigenvalue weighted by atomic mass is 16.3. The van der Waals surface area contributed by atoms with Gasteiger partial charge in [-0.15, -0.1) is 0 Å². The lowest BCUT2D eigenvalue weighted by atomic mass is 10.1. The highest BCUT2D eigenvalue weighted by molar-refractivity contribution is 6.01. The molecule has 2 N–H and O–H groups in total. The van der Waals surface area contributed by atoms with Crippen molar-refractivity contribution >= 4 is 50.9 Å². The van der Waals surface area contributed by atoms with Gasteiger partial charge in [0, 0.05) is 68.5 Å². The molecule has 0 spiro atoms. The Bertz CT molecular complexity index is 1580. The number of anilines is 4. The Morgan fingerprint density at radius 1 is 1.05 bits per heavy atom. The third kappa shape index (κ3) is 4.99. The van der Waals surface area contributed by atoms with E-state index in [0.717, 1.165) is 52.3 Å². The van der Waals surface area contributed by atoms with E-state index in [1.807, 2.05) is 64.6 Å². The van der Waals surface area contributed by atoms with Gasteiger partial charge in [-0.2, -0.15) is 0 Å². The van der Waals surface area contributed by atoms with Gasteiger partial charge in [-0.1, -0.05) is 18.2 Å². The van der Waals surface area contributed by atoms with Crippen LogP contribution in [0, 0.1) is 0 Å². The normalized spacial score (nSPS) is 11.4. The fourth-order valence-electron chi connectivity index (χ4n) is 4.47. The maximum atomic E-state index is 12.0. The maximum absolute atomic E-state index is 12.0. The van der Waals surface area contributed by atoms with Crippen LogP contribution in [0.3, 0.4) is 0 Å². The molecule has 0 bridgehead atoms. The fraction of sp³-hybridized carbons (Fsp3) is 0.250. The van der Waals surface area contributed by atoms with Crippen molar-refractivity contribution in [2.45, 2.75) is 6.92 Å². The molecule has 3 heterocycles. The van der Waals surface area contributed by atoms with Crippen molar-refractivity contribution in [2.75, 3.05) is 49.8 Å². The molecule has 5 aromatic rings. The highest BCUT2D eigenvalue weighted by Crippen LogP contribution is 2.35. The van der Waals surface area contributed by atoms with Gasteiger partial charge in [-0.25, -0.2) is 9.97 Å². The van der Waals surface area contributed by atoms with E-state index in [2.05, 4.69) is 48.3 Å². The molecule has 0 saturated carbocycles. The molecule has 2 aromatic carbocycles. The van der Waals surface area contributed by atoms with Gasteiger partial charge in [-0.05, 0) is 38.4 Å². The van der Waals surface area contributed by atoms with Crippen molar-refractivity contribution in [3.05, 3.63) is 61.0 Å². The van der Waals surface area contributed by atoms with Crippen LogP contribution in [0.25, 0.3) is 33.3 Å². The summed E-state index contributed by atoms with van der Waals surface area (Å²) in [6.07, 6.45) is 3.69. The fourth-order valence-corrected chi connectivity index (χ4v) is 4.47. The van der Waals surface area contributed by atoms with Crippen LogP contribution in [0.15, 0.2) is 65.4 Å².